The number of amides is 1. The van der Waals surface area contributed by atoms with E-state index in [9.17, 15) is 13.6 Å². The molecule has 2 unspecified atom stereocenters. The first-order chi connectivity index (χ1) is 11.1. The molecule has 0 bridgehead atoms. The molecule has 0 N–H and O–H groups in total. The van der Waals surface area contributed by atoms with E-state index < -0.39 is 11.1 Å². The highest BCUT2D eigenvalue weighted by molar-refractivity contribution is 7.79. The molecule has 0 radical (unpaired) electrons. The highest BCUT2D eigenvalue weighted by Gasteiger charge is 2.45. The maximum atomic E-state index is 12.4. The van der Waals surface area contributed by atoms with Gasteiger partial charge in [-0.2, -0.15) is 0 Å². The summed E-state index contributed by atoms with van der Waals surface area (Å²) in [6.07, 6.45) is 2.39. The Hall–Kier alpha value is -1.73. The molecule has 23 heavy (non-hydrogen) atoms. The van der Waals surface area contributed by atoms with Gasteiger partial charge in [-0.3, -0.25) is 18.9 Å². The third-order valence-corrected chi connectivity index (χ3v) is 5.03. The van der Waals surface area contributed by atoms with Gasteiger partial charge in [-0.1, -0.05) is 13.8 Å². The highest BCUT2D eigenvalue weighted by atomic mass is 32.2. The molecular formula is C16H20N3O3S-. The number of anilines is 1. The number of aliphatic imine (C=N–C) groups is 1. The van der Waals surface area contributed by atoms with Crippen LogP contribution in [0, 0.1) is 5.92 Å². The van der Waals surface area contributed by atoms with E-state index in [-0.39, 0.29) is 16.8 Å². The fourth-order valence-electron chi connectivity index (χ4n) is 3.15. The van der Waals surface area contributed by atoms with Crippen molar-refractivity contribution in [1.29, 1.82) is 0 Å². The van der Waals surface area contributed by atoms with Crippen LogP contribution in [0.4, 0.5) is 5.69 Å². The minimum atomic E-state index is -2.33. The van der Waals surface area contributed by atoms with E-state index in [1.807, 2.05) is 13.8 Å². The zero-order valence-corrected chi connectivity index (χ0v) is 14.3. The Morgan fingerprint density at radius 1 is 1.30 bits per heavy atom. The van der Waals surface area contributed by atoms with Gasteiger partial charge in [0.2, 0.25) is 5.96 Å². The Morgan fingerprint density at radius 3 is 2.61 bits per heavy atom. The molecule has 1 aromatic rings. The lowest BCUT2D eigenvalue weighted by Gasteiger charge is -2.37. The second-order valence-electron chi connectivity index (χ2n) is 5.69. The van der Waals surface area contributed by atoms with E-state index in [0.717, 1.165) is 5.69 Å². The molecule has 6 nitrogen and oxygen atoms in total. The lowest BCUT2D eigenvalue weighted by molar-refractivity contribution is 0.0864. The van der Waals surface area contributed by atoms with Gasteiger partial charge in [-0.05, 0) is 48.0 Å². The second-order valence-corrected chi connectivity index (χ2v) is 6.63. The average molecular weight is 334 g/mol. The van der Waals surface area contributed by atoms with Gasteiger partial charge in [-0.15, -0.1) is 0 Å². The smallest absolute Gasteiger partial charge is 0.262 e. The van der Waals surface area contributed by atoms with Crippen LogP contribution in [0.5, 0.6) is 0 Å². The molecule has 124 valence electrons. The van der Waals surface area contributed by atoms with Crippen molar-refractivity contribution in [1.82, 2.24) is 4.90 Å². The Bertz CT molecular complexity index is 700. The van der Waals surface area contributed by atoms with E-state index in [4.69, 9.17) is 0 Å². The van der Waals surface area contributed by atoms with Crippen LogP contribution in [0.1, 0.15) is 37.0 Å². The summed E-state index contributed by atoms with van der Waals surface area (Å²) in [5.41, 5.74) is 1.21. The van der Waals surface area contributed by atoms with E-state index in [0.29, 0.717) is 24.0 Å². The number of carbonyl (C=O) groups excluding carboxylic acids is 1. The van der Waals surface area contributed by atoms with Crippen molar-refractivity contribution in [2.24, 2.45) is 10.9 Å². The summed E-state index contributed by atoms with van der Waals surface area (Å²) in [6.45, 7) is 4.70. The molecule has 0 aromatic heterocycles. The van der Waals surface area contributed by atoms with Crippen molar-refractivity contribution in [3.05, 3.63) is 23.8 Å². The largest absolute Gasteiger partial charge is 0.768 e. The summed E-state index contributed by atoms with van der Waals surface area (Å²) in [5.74, 6) is 1.10. The van der Waals surface area contributed by atoms with Gasteiger partial charge in [0.25, 0.3) is 5.91 Å². The molecule has 2 heterocycles. The topological polar surface area (TPSA) is 76.0 Å². The van der Waals surface area contributed by atoms with Crippen LogP contribution < -0.4 is 4.90 Å². The van der Waals surface area contributed by atoms with Gasteiger partial charge in [0.1, 0.15) is 0 Å². The predicted octanol–water partition coefficient (Wildman–Crippen LogP) is 1.99. The van der Waals surface area contributed by atoms with Crippen molar-refractivity contribution in [2.75, 3.05) is 18.5 Å². The summed E-state index contributed by atoms with van der Waals surface area (Å²) >= 11 is -2.33. The van der Waals surface area contributed by atoms with Crippen molar-refractivity contribution >= 4 is 28.6 Å². The summed E-state index contributed by atoms with van der Waals surface area (Å²) in [4.78, 5) is 20.7. The van der Waals surface area contributed by atoms with Crippen LogP contribution in [0.25, 0.3) is 0 Å². The number of guanidine groups is 1. The molecule has 1 fully saturated rings. The van der Waals surface area contributed by atoms with E-state index in [1.165, 1.54) is 23.8 Å². The maximum Gasteiger partial charge on any atom is 0.262 e. The van der Waals surface area contributed by atoms with Crippen LogP contribution in [-0.2, 0) is 11.1 Å². The minimum absolute atomic E-state index is 0.137. The second kappa shape index (κ2) is 6.05. The minimum Gasteiger partial charge on any atom is -0.768 e. The lowest BCUT2D eigenvalue weighted by atomic mass is 10.0. The Morgan fingerprint density at radius 2 is 2.00 bits per heavy atom. The number of fused-ring (bicyclic) bond motifs is 3. The van der Waals surface area contributed by atoms with E-state index in [1.54, 1.807) is 19.2 Å². The molecule has 1 aromatic carbocycles. The quantitative estimate of drug-likeness (QED) is 0.775. The summed E-state index contributed by atoms with van der Waals surface area (Å²) in [5, 5.41) is 0. The van der Waals surface area contributed by atoms with Crippen LogP contribution in [0.2, 0.25) is 0 Å². The van der Waals surface area contributed by atoms with Crippen LogP contribution in [0.3, 0.4) is 0 Å². The Balaban J connectivity index is 0.000000753. The van der Waals surface area contributed by atoms with Crippen molar-refractivity contribution in [3.63, 3.8) is 0 Å². The maximum absolute atomic E-state index is 12.4. The third kappa shape index (κ3) is 2.57. The average Bonchev–Trinajstić information content (AvgIpc) is 3.32. The number of nitrogens with zero attached hydrogens (tertiary/aromatic N) is 3. The molecule has 2 aliphatic heterocycles. The molecule has 0 saturated heterocycles. The van der Waals surface area contributed by atoms with Crippen LogP contribution in [0.15, 0.2) is 28.1 Å². The summed E-state index contributed by atoms with van der Waals surface area (Å²) < 4.78 is 22.2. The Labute approximate surface area is 138 Å². The number of benzene rings is 1. The van der Waals surface area contributed by atoms with Gasteiger partial charge in [0.05, 0.1) is 23.8 Å². The third-order valence-electron chi connectivity index (χ3n) is 4.39. The molecule has 2 atom stereocenters. The SMILES string of the molecule is CC.CN1C(=O)c2cc(S(=O)[O-])ccc2N2C1=NCC2C1CC1. The first-order valence-corrected chi connectivity index (χ1v) is 9.00. The zero-order chi connectivity index (χ0) is 16.7. The number of rotatable bonds is 2. The number of hydrogen-bond donors (Lipinski definition) is 0. The van der Waals surface area contributed by atoms with Crippen LogP contribution in [-0.4, -0.2) is 45.2 Å². The first-order valence-electron chi connectivity index (χ1n) is 7.93. The van der Waals surface area contributed by atoms with E-state index >= 15 is 0 Å². The van der Waals surface area contributed by atoms with Gasteiger partial charge in [-0.25, -0.2) is 0 Å². The monoisotopic (exact) mass is 334 g/mol. The van der Waals surface area contributed by atoms with Gasteiger partial charge in [0.15, 0.2) is 0 Å². The fourth-order valence-corrected chi connectivity index (χ4v) is 3.54. The first kappa shape index (κ1) is 16.1. The normalized spacial score (nSPS) is 23.6. The van der Waals surface area contributed by atoms with Crippen molar-refractivity contribution in [3.8, 4) is 0 Å². The molecule has 4 rings (SSSR count). The lowest BCUT2D eigenvalue weighted by Crippen LogP contribution is -2.51. The molecular weight excluding hydrogens is 314 g/mol. The summed E-state index contributed by atoms with van der Waals surface area (Å²) in [7, 11) is 1.69. The standard InChI is InChI=1S/C14H15N3O3S.C2H6/c1-16-13(18)10-6-9(21(19)20)4-5-11(10)17-12(8-2-3-8)7-15-14(16)17;1-2/h4-6,8,12H,2-3,7H2,1H3,(H,19,20);1-2H3/p-1. The molecule has 3 aliphatic rings. The molecule has 1 amide bonds. The molecule has 7 heteroatoms. The van der Waals surface area contributed by atoms with Gasteiger partial charge < -0.3 is 9.45 Å². The van der Waals surface area contributed by atoms with Crippen LogP contribution >= 0.6 is 0 Å². The molecule has 0 spiro atoms. The zero-order valence-electron chi connectivity index (χ0n) is 13.5. The molecule has 1 saturated carbocycles. The van der Waals surface area contributed by atoms with Gasteiger partial charge in [0, 0.05) is 11.9 Å². The van der Waals surface area contributed by atoms with E-state index in [2.05, 4.69) is 9.89 Å². The predicted molar refractivity (Wildman–Crippen MR) is 88.4 cm³/mol. The Kier molecular flexibility index (Phi) is 4.25. The summed E-state index contributed by atoms with van der Waals surface area (Å²) in [6, 6.07) is 5.01. The number of carbonyl (C=O) groups is 1. The molecule has 1 aliphatic carbocycles. The van der Waals surface area contributed by atoms with Crippen molar-refractivity contribution < 1.29 is 13.6 Å². The van der Waals surface area contributed by atoms with Crippen molar-refractivity contribution in [2.45, 2.75) is 37.6 Å². The number of hydrogen-bond acceptors (Lipinski definition) is 5. The fraction of sp³-hybridized carbons (Fsp3) is 0.500. The van der Waals surface area contributed by atoms with Gasteiger partial charge >= 0.3 is 0 Å². The highest BCUT2D eigenvalue weighted by Crippen LogP contribution is 2.42.